The second-order valence-corrected chi connectivity index (χ2v) is 17.2. The molecule has 0 unspecified atom stereocenters. The van der Waals surface area contributed by atoms with Gasteiger partial charge >= 0.3 is 0 Å². The molecule has 0 aliphatic carbocycles. The Labute approximate surface area is 259 Å². The predicted molar refractivity (Wildman–Crippen MR) is 176 cm³/mol. The van der Waals surface area contributed by atoms with Gasteiger partial charge in [-0.3, -0.25) is 9.08 Å². The van der Waals surface area contributed by atoms with Crippen LogP contribution in [0.4, 0.5) is 0 Å². The minimum Gasteiger partial charge on any atom is -0.409 e. The Morgan fingerprint density at radius 2 is 1.33 bits per heavy atom. The highest BCUT2D eigenvalue weighted by Crippen LogP contribution is 2.46. The van der Waals surface area contributed by atoms with E-state index in [0.29, 0.717) is 6.54 Å². The molecule has 226 valence electrons. The molecule has 4 aromatic rings. The fraction of sp³-hybridized carbons (Fsp3) is 0.333. The van der Waals surface area contributed by atoms with E-state index in [1.165, 1.54) is 5.56 Å². The molecule has 0 bridgehead atoms. The van der Waals surface area contributed by atoms with Crippen molar-refractivity contribution in [3.8, 4) is 0 Å². The van der Waals surface area contributed by atoms with Crippen LogP contribution in [0.1, 0.15) is 49.4 Å². The maximum Gasteiger partial charge on any atom is 0.296 e. The van der Waals surface area contributed by atoms with Crippen LogP contribution in [0, 0.1) is 12.8 Å². The van der Waals surface area contributed by atoms with E-state index in [1.54, 1.807) is 24.3 Å². The van der Waals surface area contributed by atoms with Crippen LogP contribution in [0.5, 0.6) is 0 Å². The highest BCUT2D eigenvalue weighted by atomic mass is 32.2. The van der Waals surface area contributed by atoms with Gasteiger partial charge in [-0.15, -0.1) is 0 Å². The van der Waals surface area contributed by atoms with Crippen LogP contribution in [-0.2, 0) is 30.9 Å². The molecule has 1 saturated heterocycles. The van der Waals surface area contributed by atoms with E-state index in [4.69, 9.17) is 8.61 Å². The van der Waals surface area contributed by atoms with Crippen molar-refractivity contribution in [1.82, 2.24) is 4.90 Å². The van der Waals surface area contributed by atoms with Crippen LogP contribution >= 0.6 is 0 Å². The molecular formula is C36H43NO4SSi. The highest BCUT2D eigenvalue weighted by Gasteiger charge is 2.50. The van der Waals surface area contributed by atoms with Crippen LogP contribution in [0.2, 0.25) is 5.04 Å². The standard InChI is InChI=1S/C36H43NO4SSi/c1-28-20-22-33(23-21-28)42(38,39)40-27-30-24-34(37(26-30)25-29-14-8-5-9-15-29)36(41-43-35(2,3)4,31-16-10-6-11-17-31)32-18-12-7-13-19-32/h5-23,30,34H,24-27,43H2,1-4H3/t30-,34+/m1/s1. The zero-order chi connectivity index (χ0) is 30.5. The molecule has 0 amide bonds. The lowest BCUT2D eigenvalue weighted by atomic mass is 9.78. The van der Waals surface area contributed by atoms with Gasteiger partial charge in [0, 0.05) is 19.1 Å². The van der Waals surface area contributed by atoms with Gasteiger partial charge in [0.1, 0.15) is 5.60 Å². The molecule has 0 N–H and O–H groups in total. The topological polar surface area (TPSA) is 55.8 Å². The smallest absolute Gasteiger partial charge is 0.296 e. The van der Waals surface area contributed by atoms with Gasteiger partial charge in [-0.25, -0.2) is 0 Å². The SMILES string of the molecule is Cc1ccc(S(=O)(=O)OC[C@@H]2C[C@@H](C(O[SiH2]C(C)(C)C)(c3ccccc3)c3ccccc3)N(Cc3ccccc3)C2)cc1. The van der Waals surface area contributed by atoms with Crippen molar-refractivity contribution in [2.45, 2.75) is 62.2 Å². The Morgan fingerprint density at radius 3 is 1.86 bits per heavy atom. The van der Waals surface area contributed by atoms with Gasteiger partial charge in [0.25, 0.3) is 10.1 Å². The van der Waals surface area contributed by atoms with Gasteiger partial charge in [-0.05, 0) is 53.1 Å². The first kappa shape index (κ1) is 31.4. The van der Waals surface area contributed by atoms with E-state index in [2.05, 4.69) is 98.5 Å². The summed E-state index contributed by atoms with van der Waals surface area (Å²) in [4.78, 5) is 2.68. The van der Waals surface area contributed by atoms with E-state index >= 15 is 0 Å². The van der Waals surface area contributed by atoms with Crippen molar-refractivity contribution in [1.29, 1.82) is 0 Å². The minimum absolute atomic E-state index is 0.000591. The minimum atomic E-state index is -3.87. The van der Waals surface area contributed by atoms with Crippen LogP contribution in [0.25, 0.3) is 0 Å². The normalized spacial score (nSPS) is 18.4. The van der Waals surface area contributed by atoms with Gasteiger partial charge < -0.3 is 4.43 Å². The Morgan fingerprint density at radius 1 is 0.791 bits per heavy atom. The maximum absolute atomic E-state index is 13.2. The second-order valence-electron chi connectivity index (χ2n) is 12.9. The molecule has 5 nitrogen and oxygen atoms in total. The Bertz CT molecular complexity index is 1520. The molecule has 7 heteroatoms. The second kappa shape index (κ2) is 13.3. The van der Waals surface area contributed by atoms with Crippen LogP contribution < -0.4 is 0 Å². The average molecular weight is 614 g/mol. The lowest BCUT2D eigenvalue weighted by Gasteiger charge is -2.45. The largest absolute Gasteiger partial charge is 0.409 e. The Hall–Kier alpha value is -3.07. The van der Waals surface area contributed by atoms with Crippen molar-refractivity contribution < 1.29 is 17.0 Å². The molecule has 2 atom stereocenters. The van der Waals surface area contributed by atoms with E-state index in [1.807, 2.05) is 25.1 Å². The predicted octanol–water partition coefficient (Wildman–Crippen LogP) is 6.85. The summed E-state index contributed by atoms with van der Waals surface area (Å²) in [6.45, 7) is 10.2. The number of likely N-dealkylation sites (tertiary alicyclic amines) is 1. The van der Waals surface area contributed by atoms with E-state index in [0.717, 1.165) is 29.7 Å². The fourth-order valence-corrected chi connectivity index (χ4v) is 8.17. The van der Waals surface area contributed by atoms with Crippen molar-refractivity contribution in [2.75, 3.05) is 13.2 Å². The molecule has 43 heavy (non-hydrogen) atoms. The third-order valence-electron chi connectivity index (χ3n) is 8.09. The van der Waals surface area contributed by atoms with Gasteiger partial charge in [-0.1, -0.05) is 129 Å². The number of hydrogen-bond acceptors (Lipinski definition) is 5. The van der Waals surface area contributed by atoms with Gasteiger partial charge in [0.05, 0.1) is 11.5 Å². The van der Waals surface area contributed by atoms with E-state index < -0.39 is 25.5 Å². The number of rotatable bonds is 11. The molecule has 1 aliphatic heterocycles. The fourth-order valence-electron chi connectivity index (χ4n) is 6.01. The Kier molecular flexibility index (Phi) is 9.69. The number of benzene rings is 4. The quantitative estimate of drug-likeness (QED) is 0.137. The zero-order valence-corrected chi connectivity index (χ0v) is 27.9. The highest BCUT2D eigenvalue weighted by molar-refractivity contribution is 7.86. The van der Waals surface area contributed by atoms with E-state index in [-0.39, 0.29) is 28.5 Å². The zero-order valence-electron chi connectivity index (χ0n) is 25.6. The van der Waals surface area contributed by atoms with Crippen LogP contribution in [0.3, 0.4) is 0 Å². The van der Waals surface area contributed by atoms with Gasteiger partial charge in [-0.2, -0.15) is 8.42 Å². The third-order valence-corrected chi connectivity index (χ3v) is 10.9. The lowest BCUT2D eigenvalue weighted by molar-refractivity contribution is 0.0153. The summed E-state index contributed by atoms with van der Waals surface area (Å²) in [5, 5.41) is 0.0717. The first-order chi connectivity index (χ1) is 20.6. The van der Waals surface area contributed by atoms with Crippen LogP contribution in [-0.4, -0.2) is 42.3 Å². The molecule has 1 heterocycles. The maximum atomic E-state index is 13.2. The summed E-state index contributed by atoms with van der Waals surface area (Å²) in [7, 11) is -4.88. The number of nitrogens with zero attached hydrogens (tertiary/aromatic N) is 1. The van der Waals surface area contributed by atoms with Crippen molar-refractivity contribution in [3.05, 3.63) is 138 Å². The summed E-state index contributed by atoms with van der Waals surface area (Å²) < 4.78 is 39.4. The molecular weight excluding hydrogens is 571 g/mol. The first-order valence-corrected chi connectivity index (χ1v) is 17.8. The van der Waals surface area contributed by atoms with Gasteiger partial charge in [0.2, 0.25) is 0 Å². The Balaban J connectivity index is 1.55. The number of hydrogen-bond donors (Lipinski definition) is 0. The van der Waals surface area contributed by atoms with Crippen molar-refractivity contribution >= 4 is 19.9 Å². The average Bonchev–Trinajstić information content (AvgIpc) is 3.40. The first-order valence-electron chi connectivity index (χ1n) is 15.1. The third kappa shape index (κ3) is 7.54. The number of aryl methyl sites for hydroxylation is 1. The summed E-state index contributed by atoms with van der Waals surface area (Å²) in [6.07, 6.45) is 0.735. The monoisotopic (exact) mass is 613 g/mol. The molecule has 0 spiro atoms. The molecule has 0 radical (unpaired) electrons. The summed E-state index contributed by atoms with van der Waals surface area (Å²) >= 11 is 0. The summed E-state index contributed by atoms with van der Waals surface area (Å²) in [5.74, 6) is 0.000591. The van der Waals surface area contributed by atoms with Crippen LogP contribution in [0.15, 0.2) is 120 Å². The molecule has 0 aromatic heterocycles. The summed E-state index contributed by atoms with van der Waals surface area (Å²) in [5.41, 5.74) is 3.74. The van der Waals surface area contributed by atoms with E-state index in [9.17, 15) is 8.42 Å². The summed E-state index contributed by atoms with van der Waals surface area (Å²) in [6, 6.07) is 38.4. The van der Waals surface area contributed by atoms with Crippen molar-refractivity contribution in [3.63, 3.8) is 0 Å². The molecule has 1 fully saturated rings. The molecule has 1 aliphatic rings. The van der Waals surface area contributed by atoms with Crippen molar-refractivity contribution in [2.24, 2.45) is 5.92 Å². The molecule has 4 aromatic carbocycles. The molecule has 0 saturated carbocycles. The molecule has 5 rings (SSSR count). The lowest BCUT2D eigenvalue weighted by Crippen LogP contribution is -2.51. The van der Waals surface area contributed by atoms with Gasteiger partial charge in [0.15, 0.2) is 9.76 Å².